The number of hydrogen-bond acceptors (Lipinski definition) is 5. The van der Waals surface area contributed by atoms with E-state index in [9.17, 15) is 0 Å². The van der Waals surface area contributed by atoms with Crippen molar-refractivity contribution < 1.29 is 9.26 Å². The van der Waals surface area contributed by atoms with Crippen LogP contribution in [0.3, 0.4) is 0 Å². The lowest BCUT2D eigenvalue weighted by Gasteiger charge is -1.62. The van der Waals surface area contributed by atoms with Gasteiger partial charge in [0.25, 0.3) is 0 Å². The molecule has 0 unspecified atom stereocenters. The average molecular weight is 111 g/mol. The molecular weight excluding hydrogens is 110 g/mol. The fourth-order valence-electron chi connectivity index (χ4n) is 0.458. The maximum absolute atomic E-state index is 4.40. The fraction of sp³-hybridized carbons (Fsp3) is 0. The van der Waals surface area contributed by atoms with Crippen LogP contribution in [0.25, 0.3) is 11.6 Å². The molecule has 0 fully saturated rings. The number of rotatable bonds is 0. The first-order valence-corrected chi connectivity index (χ1v) is 2.00. The van der Waals surface area contributed by atoms with E-state index in [2.05, 4.69) is 24.6 Å². The van der Waals surface area contributed by atoms with Gasteiger partial charge in [-0.2, -0.15) is 9.78 Å². The van der Waals surface area contributed by atoms with Crippen molar-refractivity contribution in [1.29, 1.82) is 0 Å². The van der Waals surface area contributed by atoms with Gasteiger partial charge in [0.05, 0.1) is 6.20 Å². The minimum atomic E-state index is 0.338. The number of hydrogen-bond donors (Lipinski definition) is 0. The molecule has 0 radical (unpaired) electrons. The molecule has 2 heterocycles. The summed E-state index contributed by atoms with van der Waals surface area (Å²) in [5.41, 5.74) is 0.546. The summed E-state index contributed by atoms with van der Waals surface area (Å²) in [5, 5.41) is 10.4. The quantitative estimate of drug-likeness (QED) is 0.453. The van der Waals surface area contributed by atoms with Crippen LogP contribution in [0, 0.1) is 0 Å². The van der Waals surface area contributed by atoms with Crippen molar-refractivity contribution in [2.75, 3.05) is 0 Å². The van der Waals surface area contributed by atoms with Crippen LogP contribution in [-0.2, 0) is 0 Å². The molecule has 0 atom stereocenters. The Hall–Kier alpha value is -1.39. The third kappa shape index (κ3) is 0.281. The van der Waals surface area contributed by atoms with Gasteiger partial charge in [-0.3, -0.25) is 0 Å². The Labute approximate surface area is 43.6 Å². The molecule has 0 aromatic rings. The van der Waals surface area contributed by atoms with Gasteiger partial charge in [-0.1, -0.05) is 0 Å². The molecular formula is C3HN3O2. The molecule has 0 saturated carbocycles. The van der Waals surface area contributed by atoms with Crippen molar-refractivity contribution >= 4 is 0 Å². The van der Waals surface area contributed by atoms with Gasteiger partial charge in [-0.15, -0.1) is 5.10 Å². The molecule has 0 N–H and O–H groups in total. The largest absolute Gasteiger partial charge is 0.321 e. The van der Waals surface area contributed by atoms with E-state index in [1.165, 1.54) is 6.20 Å². The SMILES string of the molecule is c1nnc2oonc1-2. The van der Waals surface area contributed by atoms with E-state index in [0.717, 1.165) is 0 Å². The summed E-state index contributed by atoms with van der Waals surface area (Å²) in [4.78, 5) is 0. The molecule has 5 heteroatoms. The normalized spacial score (nSPS) is 10.5. The fourth-order valence-corrected chi connectivity index (χ4v) is 0.458. The van der Waals surface area contributed by atoms with E-state index in [0.29, 0.717) is 11.6 Å². The van der Waals surface area contributed by atoms with Crippen molar-refractivity contribution in [3.63, 3.8) is 0 Å². The molecule has 5 nitrogen and oxygen atoms in total. The number of fused-ring (bicyclic) bond motifs is 1. The van der Waals surface area contributed by atoms with Crippen LogP contribution in [0.1, 0.15) is 0 Å². The molecule has 0 saturated heterocycles. The van der Waals surface area contributed by atoms with E-state index in [1.807, 2.05) is 0 Å². The lowest BCUT2D eigenvalue weighted by atomic mass is 10.5. The molecule has 0 spiro atoms. The van der Waals surface area contributed by atoms with Crippen molar-refractivity contribution in [2.45, 2.75) is 0 Å². The summed E-state index contributed by atoms with van der Waals surface area (Å²) >= 11 is 0. The third-order valence-corrected chi connectivity index (χ3v) is 0.800. The van der Waals surface area contributed by atoms with Gasteiger partial charge in [0.1, 0.15) is 0 Å². The summed E-state index contributed by atoms with van der Waals surface area (Å²) in [7, 11) is 0. The Kier molecular flexibility index (Phi) is 0.476. The Morgan fingerprint density at radius 3 is 3.38 bits per heavy atom. The molecule has 0 bridgehead atoms. The summed E-state index contributed by atoms with van der Waals surface area (Å²) < 4.78 is 8.58. The maximum Gasteiger partial charge on any atom is 0.321 e. The Morgan fingerprint density at radius 1 is 1.50 bits per heavy atom. The highest BCUT2D eigenvalue weighted by Crippen LogP contribution is 2.13. The molecule has 0 aliphatic carbocycles. The van der Waals surface area contributed by atoms with Crippen LogP contribution in [0.2, 0.25) is 0 Å². The topological polar surface area (TPSA) is 65.0 Å². The van der Waals surface area contributed by atoms with E-state index in [1.54, 1.807) is 0 Å². The average Bonchev–Trinajstić information content (AvgIpc) is 2.15. The first kappa shape index (κ1) is 3.59. The first-order chi connectivity index (χ1) is 3.97. The molecule has 0 aromatic carbocycles. The van der Waals surface area contributed by atoms with E-state index in [-0.39, 0.29) is 0 Å². The van der Waals surface area contributed by atoms with Gasteiger partial charge in [0.2, 0.25) is 0 Å². The zero-order valence-electron chi connectivity index (χ0n) is 3.74. The molecule has 2 rings (SSSR count). The second kappa shape index (κ2) is 1.06. The molecule has 0 amide bonds. The van der Waals surface area contributed by atoms with E-state index < -0.39 is 0 Å². The van der Waals surface area contributed by atoms with Gasteiger partial charge in [0.15, 0.2) is 5.69 Å². The van der Waals surface area contributed by atoms with Crippen molar-refractivity contribution in [2.24, 2.45) is 0 Å². The highest BCUT2D eigenvalue weighted by molar-refractivity contribution is 5.42. The van der Waals surface area contributed by atoms with Crippen LogP contribution in [-0.4, -0.2) is 15.4 Å². The minimum absolute atomic E-state index is 0.338. The summed E-state index contributed by atoms with van der Waals surface area (Å²) in [6.07, 6.45) is 1.46. The van der Waals surface area contributed by atoms with Crippen molar-refractivity contribution in [1.82, 2.24) is 15.4 Å². The van der Waals surface area contributed by atoms with Gasteiger partial charge in [0, 0.05) is 0 Å². The Balaban J connectivity index is 2.84. The van der Waals surface area contributed by atoms with Crippen LogP contribution in [0.15, 0.2) is 15.5 Å². The third-order valence-electron chi connectivity index (χ3n) is 0.800. The number of nitrogens with zero attached hydrogens (tertiary/aromatic N) is 3. The van der Waals surface area contributed by atoms with E-state index >= 15 is 0 Å². The molecule has 40 valence electrons. The van der Waals surface area contributed by atoms with Crippen LogP contribution in [0.4, 0.5) is 0 Å². The zero-order chi connectivity index (χ0) is 5.40. The maximum atomic E-state index is 4.40. The summed E-state index contributed by atoms with van der Waals surface area (Å²) in [5.74, 6) is 0.338. The summed E-state index contributed by atoms with van der Waals surface area (Å²) in [6.45, 7) is 0. The molecule has 0 aromatic heterocycles. The minimum Gasteiger partial charge on any atom is -0.242 e. The van der Waals surface area contributed by atoms with Gasteiger partial charge < -0.3 is 0 Å². The molecule has 2 aliphatic heterocycles. The predicted octanol–water partition coefficient (Wildman–Crippen LogP) is 0.162. The predicted molar refractivity (Wildman–Crippen MR) is 21.0 cm³/mol. The second-order valence-corrected chi connectivity index (χ2v) is 1.28. The monoisotopic (exact) mass is 111 g/mol. The van der Waals surface area contributed by atoms with Gasteiger partial charge in [-0.05, 0) is 5.16 Å². The lowest BCUT2D eigenvalue weighted by molar-refractivity contribution is 0.0136. The van der Waals surface area contributed by atoms with Crippen LogP contribution >= 0.6 is 0 Å². The molecule has 2 aliphatic rings. The zero-order valence-corrected chi connectivity index (χ0v) is 3.74. The number of aromatic nitrogens is 3. The highest BCUT2D eigenvalue weighted by atomic mass is 17.0. The van der Waals surface area contributed by atoms with E-state index in [4.69, 9.17) is 0 Å². The summed E-state index contributed by atoms with van der Waals surface area (Å²) in [6, 6.07) is 0. The van der Waals surface area contributed by atoms with Crippen molar-refractivity contribution in [3.8, 4) is 11.6 Å². The van der Waals surface area contributed by atoms with Crippen LogP contribution in [0.5, 0.6) is 0 Å². The highest BCUT2D eigenvalue weighted by Gasteiger charge is 2.11. The second-order valence-electron chi connectivity index (χ2n) is 1.28. The first-order valence-electron chi connectivity index (χ1n) is 2.00. The standard InChI is InChI=1S/C3HN3O2/c1-2-3(5-4-1)7-8-6-2/h1H. The van der Waals surface area contributed by atoms with Crippen LogP contribution < -0.4 is 0 Å². The van der Waals surface area contributed by atoms with Gasteiger partial charge >= 0.3 is 5.89 Å². The molecule has 8 heavy (non-hydrogen) atoms. The van der Waals surface area contributed by atoms with Crippen molar-refractivity contribution in [3.05, 3.63) is 6.20 Å². The Bertz CT molecular complexity index is 204. The smallest absolute Gasteiger partial charge is 0.242 e. The van der Waals surface area contributed by atoms with Gasteiger partial charge in [-0.25, -0.2) is 4.58 Å². The lowest BCUT2D eigenvalue weighted by Crippen LogP contribution is -1.64. The Morgan fingerprint density at radius 2 is 2.50 bits per heavy atom.